The zero-order valence-corrected chi connectivity index (χ0v) is 39.2. The minimum Gasteiger partial charge on any atom is -0.256 e. The van der Waals surface area contributed by atoms with E-state index in [1.54, 1.807) is 0 Å². The third kappa shape index (κ3) is 6.94. The Balaban J connectivity index is 0.977. The standard InChI is InChI=1S/C69H43N3/c1-2-18-44(19-3-1)67-35-34-45(41-70-67)51-20-4-5-21-52(51)46-36-47(53-22-6-8-24-55(53)49-39-65-61-30-12-10-26-57(61)59-28-14-16-32-63(59)68(65)71-42-49)38-48(37-46)54-23-7-9-25-56(54)50-40-66-62-31-13-11-27-58(62)60-29-15-17-33-64(60)69(66)72-43-50/h1-43H. The van der Waals surface area contributed by atoms with Gasteiger partial charge in [0.15, 0.2) is 0 Å². The highest BCUT2D eigenvalue weighted by molar-refractivity contribution is 6.26. The molecule has 72 heavy (non-hydrogen) atoms. The average molecular weight is 914 g/mol. The van der Waals surface area contributed by atoms with Gasteiger partial charge in [0.2, 0.25) is 0 Å². The summed E-state index contributed by atoms with van der Waals surface area (Å²) in [7, 11) is 0. The Morgan fingerprint density at radius 3 is 0.875 bits per heavy atom. The molecule has 0 amide bonds. The van der Waals surface area contributed by atoms with Gasteiger partial charge >= 0.3 is 0 Å². The van der Waals surface area contributed by atoms with E-state index >= 15 is 0 Å². The Kier molecular flexibility index (Phi) is 9.85. The van der Waals surface area contributed by atoms with Crippen molar-refractivity contribution in [3.05, 3.63) is 261 Å². The number of rotatable bonds is 7. The maximum absolute atomic E-state index is 5.26. The molecule has 0 unspecified atom stereocenters. The van der Waals surface area contributed by atoms with Crippen molar-refractivity contribution in [1.29, 1.82) is 0 Å². The Morgan fingerprint density at radius 1 is 0.181 bits per heavy atom. The molecule has 3 aromatic heterocycles. The van der Waals surface area contributed by atoms with E-state index in [1.165, 1.54) is 32.3 Å². The van der Waals surface area contributed by atoms with Gasteiger partial charge < -0.3 is 0 Å². The SMILES string of the molecule is c1ccc(-c2ccc(-c3ccccc3-c3cc(-c4ccccc4-c4cnc5c6ccccc6c6ccccc6c5c4)cc(-c4ccccc4-c4cnc5c6ccccc6c6ccccc6c5c4)c3)cn2)cc1. The van der Waals surface area contributed by atoms with Gasteiger partial charge in [0.05, 0.1) is 16.7 Å². The molecular weight excluding hydrogens is 871 g/mol. The van der Waals surface area contributed by atoms with Crippen LogP contribution in [0.5, 0.6) is 0 Å². The number of hydrogen-bond donors (Lipinski definition) is 0. The minimum absolute atomic E-state index is 0.947. The number of aromatic nitrogens is 3. The maximum Gasteiger partial charge on any atom is 0.0787 e. The van der Waals surface area contributed by atoms with Crippen molar-refractivity contribution in [2.45, 2.75) is 0 Å². The Morgan fingerprint density at radius 2 is 0.486 bits per heavy atom. The van der Waals surface area contributed by atoms with Crippen LogP contribution in [-0.2, 0) is 0 Å². The maximum atomic E-state index is 5.26. The Labute approximate surface area is 417 Å². The van der Waals surface area contributed by atoms with Crippen molar-refractivity contribution in [3.8, 4) is 78.0 Å². The molecule has 0 aliphatic carbocycles. The molecule has 0 spiro atoms. The molecule has 0 saturated carbocycles. The highest BCUT2D eigenvalue weighted by Crippen LogP contribution is 2.44. The van der Waals surface area contributed by atoms with Crippen LogP contribution in [-0.4, -0.2) is 15.0 Å². The second-order valence-corrected chi connectivity index (χ2v) is 18.7. The Bertz CT molecular complexity index is 4150. The van der Waals surface area contributed by atoms with Crippen LogP contribution in [0.1, 0.15) is 0 Å². The molecule has 14 rings (SSSR count). The van der Waals surface area contributed by atoms with E-state index in [4.69, 9.17) is 15.0 Å². The van der Waals surface area contributed by atoms with Gasteiger partial charge in [-0.3, -0.25) is 15.0 Å². The molecule has 0 saturated heterocycles. The average Bonchev–Trinajstić information content (AvgIpc) is 3.47. The van der Waals surface area contributed by atoms with Crippen molar-refractivity contribution >= 4 is 64.9 Å². The summed E-state index contributed by atoms with van der Waals surface area (Å²) in [4.78, 5) is 15.5. The predicted octanol–water partition coefficient (Wildman–Crippen LogP) is 18.5. The summed E-state index contributed by atoms with van der Waals surface area (Å²) < 4.78 is 0. The molecule has 3 heteroatoms. The van der Waals surface area contributed by atoms with Crippen molar-refractivity contribution in [1.82, 2.24) is 15.0 Å². The van der Waals surface area contributed by atoms with Gasteiger partial charge in [0, 0.05) is 62.4 Å². The van der Waals surface area contributed by atoms with Crippen molar-refractivity contribution in [2.24, 2.45) is 0 Å². The van der Waals surface area contributed by atoms with Gasteiger partial charge in [-0.05, 0) is 119 Å². The van der Waals surface area contributed by atoms with Gasteiger partial charge in [-0.2, -0.15) is 0 Å². The summed E-state index contributed by atoms with van der Waals surface area (Å²) in [5, 5.41) is 11.9. The number of pyridine rings is 3. The lowest BCUT2D eigenvalue weighted by atomic mass is 9.86. The first-order valence-electron chi connectivity index (χ1n) is 24.6. The van der Waals surface area contributed by atoms with Crippen molar-refractivity contribution in [3.63, 3.8) is 0 Å². The van der Waals surface area contributed by atoms with Gasteiger partial charge in [-0.1, -0.05) is 206 Å². The first kappa shape index (κ1) is 41.4. The smallest absolute Gasteiger partial charge is 0.0787 e. The number of hydrogen-bond acceptors (Lipinski definition) is 3. The van der Waals surface area contributed by atoms with Crippen LogP contribution in [0, 0.1) is 0 Å². The normalized spacial score (nSPS) is 11.6. The van der Waals surface area contributed by atoms with Crippen LogP contribution in [0.25, 0.3) is 143 Å². The molecule has 3 nitrogen and oxygen atoms in total. The second-order valence-electron chi connectivity index (χ2n) is 18.7. The van der Waals surface area contributed by atoms with E-state index in [0.29, 0.717) is 0 Å². The molecule has 14 aromatic rings. The van der Waals surface area contributed by atoms with Gasteiger partial charge in [-0.15, -0.1) is 0 Å². The largest absolute Gasteiger partial charge is 0.256 e. The summed E-state index contributed by atoms with van der Waals surface area (Å²) in [5.41, 5.74) is 17.3. The summed E-state index contributed by atoms with van der Waals surface area (Å²) in [6.45, 7) is 0. The second kappa shape index (κ2) is 17.1. The Hall–Kier alpha value is -9.57. The van der Waals surface area contributed by atoms with Crippen LogP contribution in [0.2, 0.25) is 0 Å². The van der Waals surface area contributed by atoms with Crippen LogP contribution >= 0.6 is 0 Å². The molecule has 11 aromatic carbocycles. The zero-order valence-electron chi connectivity index (χ0n) is 39.2. The zero-order chi connectivity index (χ0) is 47.5. The quantitative estimate of drug-likeness (QED) is 0.150. The van der Waals surface area contributed by atoms with E-state index in [2.05, 4.69) is 249 Å². The van der Waals surface area contributed by atoms with Crippen LogP contribution < -0.4 is 0 Å². The molecule has 0 atom stereocenters. The predicted molar refractivity (Wildman–Crippen MR) is 303 cm³/mol. The summed E-state index contributed by atoms with van der Waals surface area (Å²) in [6.07, 6.45) is 6.13. The summed E-state index contributed by atoms with van der Waals surface area (Å²) >= 11 is 0. The van der Waals surface area contributed by atoms with Crippen molar-refractivity contribution in [2.75, 3.05) is 0 Å². The van der Waals surface area contributed by atoms with E-state index in [-0.39, 0.29) is 0 Å². The van der Waals surface area contributed by atoms with E-state index in [9.17, 15) is 0 Å². The lowest BCUT2D eigenvalue weighted by molar-refractivity contribution is 1.32. The van der Waals surface area contributed by atoms with Crippen LogP contribution in [0.3, 0.4) is 0 Å². The third-order valence-electron chi connectivity index (χ3n) is 14.6. The molecule has 0 fully saturated rings. The first-order valence-corrected chi connectivity index (χ1v) is 24.6. The monoisotopic (exact) mass is 913 g/mol. The molecule has 0 aliphatic rings. The molecule has 0 aliphatic heterocycles. The summed E-state index contributed by atoms with van der Waals surface area (Å²) in [5.74, 6) is 0. The molecule has 0 bridgehead atoms. The fraction of sp³-hybridized carbons (Fsp3) is 0. The van der Waals surface area contributed by atoms with E-state index in [1.807, 2.05) is 12.3 Å². The van der Waals surface area contributed by atoms with Crippen LogP contribution in [0.4, 0.5) is 0 Å². The third-order valence-corrected chi connectivity index (χ3v) is 14.6. The highest BCUT2D eigenvalue weighted by Gasteiger charge is 2.19. The van der Waals surface area contributed by atoms with Crippen molar-refractivity contribution < 1.29 is 0 Å². The number of fused-ring (bicyclic) bond motifs is 12. The van der Waals surface area contributed by atoms with Crippen LogP contribution in [0.15, 0.2) is 261 Å². The van der Waals surface area contributed by atoms with E-state index in [0.717, 1.165) is 111 Å². The fourth-order valence-electron chi connectivity index (χ4n) is 11.2. The van der Waals surface area contributed by atoms with E-state index < -0.39 is 0 Å². The fourth-order valence-corrected chi connectivity index (χ4v) is 11.2. The van der Waals surface area contributed by atoms with Gasteiger partial charge in [-0.25, -0.2) is 0 Å². The number of benzene rings is 11. The lowest BCUT2D eigenvalue weighted by Crippen LogP contribution is -1.93. The molecule has 0 N–H and O–H groups in total. The van der Waals surface area contributed by atoms with Gasteiger partial charge in [0.25, 0.3) is 0 Å². The molecular formula is C69H43N3. The molecule has 0 radical (unpaired) electrons. The number of nitrogens with zero attached hydrogens (tertiary/aromatic N) is 3. The first-order chi connectivity index (χ1) is 35.7. The van der Waals surface area contributed by atoms with Gasteiger partial charge in [0.1, 0.15) is 0 Å². The lowest BCUT2D eigenvalue weighted by Gasteiger charge is -2.18. The molecule has 3 heterocycles. The topological polar surface area (TPSA) is 38.7 Å². The summed E-state index contributed by atoms with van der Waals surface area (Å²) in [6, 6.07) is 87.5. The highest BCUT2D eigenvalue weighted by atomic mass is 14.7. The molecule has 334 valence electrons. The minimum atomic E-state index is 0.947.